The fourth-order valence-corrected chi connectivity index (χ4v) is 2.80. The van der Waals surface area contributed by atoms with Gasteiger partial charge in [-0.05, 0) is 55.4 Å². The average Bonchev–Trinajstić information content (AvgIpc) is 2.51. The fraction of sp³-hybridized carbons (Fsp3) is 0.294. The molecule has 0 saturated carbocycles. The van der Waals surface area contributed by atoms with E-state index in [1.165, 1.54) is 0 Å². The zero-order valence-corrected chi connectivity index (χ0v) is 14.1. The first-order valence-corrected chi connectivity index (χ1v) is 7.72. The van der Waals surface area contributed by atoms with Crippen molar-refractivity contribution in [3.63, 3.8) is 0 Å². The summed E-state index contributed by atoms with van der Waals surface area (Å²) in [7, 11) is 3.63. The quantitative estimate of drug-likeness (QED) is 0.848. The van der Waals surface area contributed by atoms with Crippen LogP contribution in [0.15, 0.2) is 46.9 Å². The SMILES string of the molecule is CCOc1cccc(C(NC)c2cc(OC)ccc2Br)c1. The van der Waals surface area contributed by atoms with Gasteiger partial charge in [0.1, 0.15) is 11.5 Å². The van der Waals surface area contributed by atoms with Crippen LogP contribution in [0.4, 0.5) is 0 Å². The number of benzene rings is 2. The van der Waals surface area contributed by atoms with Crippen LogP contribution in [0.1, 0.15) is 24.1 Å². The van der Waals surface area contributed by atoms with E-state index >= 15 is 0 Å². The van der Waals surface area contributed by atoms with E-state index in [0.29, 0.717) is 6.61 Å². The van der Waals surface area contributed by atoms with Crippen molar-refractivity contribution in [2.75, 3.05) is 20.8 Å². The Bertz CT molecular complexity index is 601. The van der Waals surface area contributed by atoms with Crippen molar-refractivity contribution in [2.45, 2.75) is 13.0 Å². The van der Waals surface area contributed by atoms with Crippen LogP contribution in [0, 0.1) is 0 Å². The van der Waals surface area contributed by atoms with Gasteiger partial charge in [-0.15, -0.1) is 0 Å². The minimum atomic E-state index is 0.0647. The molecule has 0 aromatic heterocycles. The van der Waals surface area contributed by atoms with Crippen LogP contribution in [-0.4, -0.2) is 20.8 Å². The molecule has 3 nitrogen and oxygen atoms in total. The smallest absolute Gasteiger partial charge is 0.119 e. The number of hydrogen-bond donors (Lipinski definition) is 1. The Balaban J connectivity index is 2.41. The molecule has 0 spiro atoms. The molecule has 112 valence electrons. The highest BCUT2D eigenvalue weighted by atomic mass is 79.9. The van der Waals surface area contributed by atoms with Gasteiger partial charge in [-0.3, -0.25) is 0 Å². The summed E-state index contributed by atoms with van der Waals surface area (Å²) < 4.78 is 12.0. The second-order valence-corrected chi connectivity index (χ2v) is 5.47. The maximum absolute atomic E-state index is 5.59. The number of rotatable bonds is 6. The van der Waals surface area contributed by atoms with Crippen LogP contribution in [0.5, 0.6) is 11.5 Å². The number of hydrogen-bond acceptors (Lipinski definition) is 3. The van der Waals surface area contributed by atoms with E-state index in [1.807, 2.05) is 44.3 Å². The van der Waals surface area contributed by atoms with Gasteiger partial charge >= 0.3 is 0 Å². The Hall–Kier alpha value is -1.52. The summed E-state index contributed by atoms with van der Waals surface area (Å²) in [5, 5.41) is 3.35. The van der Waals surface area contributed by atoms with Gasteiger partial charge < -0.3 is 14.8 Å². The molecule has 2 rings (SSSR count). The van der Waals surface area contributed by atoms with E-state index in [1.54, 1.807) is 7.11 Å². The summed E-state index contributed by atoms with van der Waals surface area (Å²) >= 11 is 3.62. The summed E-state index contributed by atoms with van der Waals surface area (Å²) in [5.74, 6) is 1.73. The predicted molar refractivity (Wildman–Crippen MR) is 89.2 cm³/mol. The Kier molecular flexibility index (Phi) is 5.65. The lowest BCUT2D eigenvalue weighted by Gasteiger charge is -2.20. The third kappa shape index (κ3) is 3.77. The van der Waals surface area contributed by atoms with Crippen molar-refractivity contribution in [1.29, 1.82) is 0 Å². The van der Waals surface area contributed by atoms with Crippen LogP contribution in [0.3, 0.4) is 0 Å². The van der Waals surface area contributed by atoms with Gasteiger partial charge in [0.15, 0.2) is 0 Å². The van der Waals surface area contributed by atoms with Crippen LogP contribution < -0.4 is 14.8 Å². The molecule has 1 atom stereocenters. The molecule has 4 heteroatoms. The van der Waals surface area contributed by atoms with E-state index in [0.717, 1.165) is 27.1 Å². The number of methoxy groups -OCH3 is 1. The number of nitrogens with one attached hydrogen (secondary N) is 1. The van der Waals surface area contributed by atoms with Gasteiger partial charge in [-0.2, -0.15) is 0 Å². The van der Waals surface area contributed by atoms with E-state index in [-0.39, 0.29) is 6.04 Å². The molecule has 0 saturated heterocycles. The highest BCUT2D eigenvalue weighted by molar-refractivity contribution is 9.10. The van der Waals surface area contributed by atoms with Gasteiger partial charge in [-0.1, -0.05) is 28.1 Å². The van der Waals surface area contributed by atoms with Gasteiger partial charge in [0.05, 0.1) is 19.8 Å². The van der Waals surface area contributed by atoms with E-state index in [4.69, 9.17) is 9.47 Å². The lowest BCUT2D eigenvalue weighted by molar-refractivity contribution is 0.339. The van der Waals surface area contributed by atoms with Crippen molar-refractivity contribution >= 4 is 15.9 Å². The maximum atomic E-state index is 5.59. The predicted octanol–water partition coefficient (Wildman–Crippen LogP) is 4.17. The maximum Gasteiger partial charge on any atom is 0.119 e. The van der Waals surface area contributed by atoms with Crippen LogP contribution >= 0.6 is 15.9 Å². The first kappa shape index (κ1) is 15.9. The van der Waals surface area contributed by atoms with Gasteiger partial charge in [0.25, 0.3) is 0 Å². The van der Waals surface area contributed by atoms with Gasteiger partial charge in [0, 0.05) is 4.47 Å². The largest absolute Gasteiger partial charge is 0.497 e. The summed E-state index contributed by atoms with van der Waals surface area (Å²) in [5.41, 5.74) is 2.28. The molecule has 0 heterocycles. The third-order valence-electron chi connectivity index (χ3n) is 3.31. The Morgan fingerprint density at radius 2 is 1.95 bits per heavy atom. The lowest BCUT2D eigenvalue weighted by atomic mass is 9.98. The molecule has 2 aromatic carbocycles. The zero-order chi connectivity index (χ0) is 15.2. The normalized spacial score (nSPS) is 12.0. The highest BCUT2D eigenvalue weighted by Crippen LogP contribution is 2.32. The molecule has 0 fully saturated rings. The molecule has 0 bridgehead atoms. The van der Waals surface area contributed by atoms with Crippen molar-refractivity contribution < 1.29 is 9.47 Å². The number of halogens is 1. The van der Waals surface area contributed by atoms with Crippen LogP contribution in [0.2, 0.25) is 0 Å². The van der Waals surface area contributed by atoms with Crippen molar-refractivity contribution in [2.24, 2.45) is 0 Å². The summed E-state index contributed by atoms with van der Waals surface area (Å²) in [4.78, 5) is 0. The molecule has 0 amide bonds. The second-order valence-electron chi connectivity index (χ2n) is 4.61. The summed E-state index contributed by atoms with van der Waals surface area (Å²) in [6.07, 6.45) is 0. The fourth-order valence-electron chi connectivity index (χ4n) is 2.32. The minimum absolute atomic E-state index is 0.0647. The lowest BCUT2D eigenvalue weighted by Crippen LogP contribution is -2.18. The standard InChI is InChI=1S/C17H20BrNO2/c1-4-21-14-7-5-6-12(10-14)17(19-2)15-11-13(20-3)8-9-16(15)18/h5-11,17,19H,4H2,1-3H3. The molecule has 2 aromatic rings. The molecule has 0 aliphatic heterocycles. The Morgan fingerprint density at radius 3 is 2.62 bits per heavy atom. The topological polar surface area (TPSA) is 30.5 Å². The van der Waals surface area contributed by atoms with Crippen molar-refractivity contribution in [3.05, 3.63) is 58.1 Å². The minimum Gasteiger partial charge on any atom is -0.497 e. The Labute approximate surface area is 134 Å². The van der Waals surface area contributed by atoms with Gasteiger partial charge in [0.2, 0.25) is 0 Å². The summed E-state index contributed by atoms with van der Waals surface area (Å²) in [6, 6.07) is 14.2. The summed E-state index contributed by atoms with van der Waals surface area (Å²) in [6.45, 7) is 2.65. The number of ether oxygens (including phenoxy) is 2. The molecule has 0 radical (unpaired) electrons. The highest BCUT2D eigenvalue weighted by Gasteiger charge is 2.16. The van der Waals surface area contributed by atoms with Gasteiger partial charge in [-0.25, -0.2) is 0 Å². The average molecular weight is 350 g/mol. The third-order valence-corrected chi connectivity index (χ3v) is 4.03. The van der Waals surface area contributed by atoms with E-state index in [2.05, 4.69) is 33.4 Å². The first-order valence-electron chi connectivity index (χ1n) is 6.93. The molecular formula is C17H20BrNO2. The monoisotopic (exact) mass is 349 g/mol. The molecule has 0 aliphatic rings. The molecule has 1 N–H and O–H groups in total. The van der Waals surface area contributed by atoms with E-state index in [9.17, 15) is 0 Å². The van der Waals surface area contributed by atoms with Crippen molar-refractivity contribution in [1.82, 2.24) is 5.32 Å². The zero-order valence-electron chi connectivity index (χ0n) is 12.5. The molecule has 0 aliphatic carbocycles. The van der Waals surface area contributed by atoms with E-state index < -0.39 is 0 Å². The van der Waals surface area contributed by atoms with Crippen molar-refractivity contribution in [3.8, 4) is 11.5 Å². The second kappa shape index (κ2) is 7.48. The van der Waals surface area contributed by atoms with Crippen LogP contribution in [-0.2, 0) is 0 Å². The first-order chi connectivity index (χ1) is 10.2. The molecular weight excluding hydrogens is 330 g/mol. The Morgan fingerprint density at radius 1 is 1.14 bits per heavy atom. The molecule has 21 heavy (non-hydrogen) atoms. The van der Waals surface area contributed by atoms with Crippen LogP contribution in [0.25, 0.3) is 0 Å². The molecule has 1 unspecified atom stereocenters.